The fourth-order valence-electron chi connectivity index (χ4n) is 0.867. The fourth-order valence-corrected chi connectivity index (χ4v) is 1.64. The Balaban J connectivity index is 2.83. The molecule has 0 aromatic heterocycles. The molecule has 1 aromatic rings. The molecule has 2 nitrogen and oxygen atoms in total. The van der Waals surface area contributed by atoms with Crippen LogP contribution in [0.3, 0.4) is 0 Å². The standard InChI is InChI=1S/C8H12N2S/c1-2-11-8-6-4-3-5-7(8)10-9/h3-6,10H,2,9H2,1H3. The molecular formula is C8H12N2S. The summed E-state index contributed by atoms with van der Waals surface area (Å²) in [5, 5.41) is 0. The van der Waals surface area contributed by atoms with Crippen molar-refractivity contribution in [1.29, 1.82) is 0 Å². The second-order valence-corrected chi connectivity index (χ2v) is 3.38. The number of hydrogen-bond donors (Lipinski definition) is 2. The highest BCUT2D eigenvalue weighted by Gasteiger charge is 1.96. The molecule has 0 atom stereocenters. The van der Waals surface area contributed by atoms with Crippen LogP contribution >= 0.6 is 11.8 Å². The minimum absolute atomic E-state index is 0.999. The second-order valence-electron chi connectivity index (χ2n) is 2.07. The van der Waals surface area contributed by atoms with Crippen molar-refractivity contribution >= 4 is 17.4 Å². The lowest BCUT2D eigenvalue weighted by Crippen LogP contribution is -2.07. The van der Waals surface area contributed by atoms with Gasteiger partial charge in [0.1, 0.15) is 0 Å². The van der Waals surface area contributed by atoms with E-state index in [0.717, 1.165) is 11.4 Å². The van der Waals surface area contributed by atoms with E-state index in [2.05, 4.69) is 18.4 Å². The smallest absolute Gasteiger partial charge is 0.0620 e. The van der Waals surface area contributed by atoms with Crippen LogP contribution in [0.15, 0.2) is 29.2 Å². The molecule has 0 unspecified atom stereocenters. The Morgan fingerprint density at radius 2 is 2.18 bits per heavy atom. The Morgan fingerprint density at radius 3 is 2.82 bits per heavy atom. The van der Waals surface area contributed by atoms with Gasteiger partial charge in [0.2, 0.25) is 0 Å². The number of nitrogen functional groups attached to an aromatic ring is 1. The van der Waals surface area contributed by atoms with Crippen LogP contribution in [0.4, 0.5) is 5.69 Å². The summed E-state index contributed by atoms with van der Waals surface area (Å²) < 4.78 is 0. The van der Waals surface area contributed by atoms with Crippen LogP contribution in [0.5, 0.6) is 0 Å². The zero-order valence-electron chi connectivity index (χ0n) is 6.50. The number of para-hydroxylation sites is 1. The largest absolute Gasteiger partial charge is 0.323 e. The summed E-state index contributed by atoms with van der Waals surface area (Å²) in [5.74, 6) is 6.39. The molecule has 0 heterocycles. The average Bonchev–Trinajstić information content (AvgIpc) is 2.06. The molecule has 3 N–H and O–H groups in total. The monoisotopic (exact) mass is 168 g/mol. The molecule has 0 spiro atoms. The molecule has 0 aliphatic carbocycles. The van der Waals surface area contributed by atoms with Gasteiger partial charge < -0.3 is 5.43 Å². The average molecular weight is 168 g/mol. The maximum Gasteiger partial charge on any atom is 0.0620 e. The lowest BCUT2D eigenvalue weighted by atomic mass is 10.3. The van der Waals surface area contributed by atoms with Crippen LogP contribution < -0.4 is 11.3 Å². The lowest BCUT2D eigenvalue weighted by molar-refractivity contribution is 1.29. The van der Waals surface area contributed by atoms with E-state index in [9.17, 15) is 0 Å². The van der Waals surface area contributed by atoms with Crippen molar-refractivity contribution in [3.63, 3.8) is 0 Å². The van der Waals surface area contributed by atoms with E-state index >= 15 is 0 Å². The Kier molecular flexibility index (Phi) is 3.26. The lowest BCUT2D eigenvalue weighted by Gasteiger charge is -2.05. The maximum absolute atomic E-state index is 5.32. The molecule has 11 heavy (non-hydrogen) atoms. The van der Waals surface area contributed by atoms with Crippen molar-refractivity contribution in [2.75, 3.05) is 11.2 Å². The van der Waals surface area contributed by atoms with Gasteiger partial charge in [0.05, 0.1) is 5.69 Å². The van der Waals surface area contributed by atoms with Crippen LogP contribution in [-0.2, 0) is 0 Å². The molecule has 0 amide bonds. The molecule has 60 valence electrons. The number of nitrogens with two attached hydrogens (primary N) is 1. The van der Waals surface area contributed by atoms with Crippen molar-refractivity contribution in [3.8, 4) is 0 Å². The minimum Gasteiger partial charge on any atom is -0.323 e. The number of thioether (sulfide) groups is 1. The molecule has 0 saturated heterocycles. The first-order valence-corrected chi connectivity index (χ1v) is 4.55. The Labute approximate surface area is 71.1 Å². The Morgan fingerprint density at radius 1 is 1.45 bits per heavy atom. The highest BCUT2D eigenvalue weighted by atomic mass is 32.2. The van der Waals surface area contributed by atoms with E-state index < -0.39 is 0 Å². The molecule has 0 fully saturated rings. The summed E-state index contributed by atoms with van der Waals surface area (Å²) in [5.41, 5.74) is 3.66. The fraction of sp³-hybridized carbons (Fsp3) is 0.250. The topological polar surface area (TPSA) is 38.0 Å². The maximum atomic E-state index is 5.32. The third kappa shape index (κ3) is 2.13. The van der Waals surface area contributed by atoms with Crippen molar-refractivity contribution < 1.29 is 0 Å². The van der Waals surface area contributed by atoms with Gasteiger partial charge in [-0.2, -0.15) is 0 Å². The summed E-state index contributed by atoms with van der Waals surface area (Å²) in [6, 6.07) is 8.01. The molecule has 0 aliphatic heterocycles. The summed E-state index contributed by atoms with van der Waals surface area (Å²) >= 11 is 1.78. The predicted octanol–water partition coefficient (Wildman–Crippen LogP) is 2.08. The normalized spacial score (nSPS) is 9.64. The number of benzene rings is 1. The van der Waals surface area contributed by atoms with E-state index in [1.165, 1.54) is 4.90 Å². The molecule has 0 aliphatic rings. The molecular weight excluding hydrogens is 156 g/mol. The molecule has 0 bridgehead atoms. The number of hydrazine groups is 1. The van der Waals surface area contributed by atoms with E-state index in [0.29, 0.717) is 0 Å². The van der Waals surface area contributed by atoms with Crippen LogP contribution in [0.25, 0.3) is 0 Å². The third-order valence-electron chi connectivity index (χ3n) is 1.34. The van der Waals surface area contributed by atoms with Gasteiger partial charge in [-0.25, -0.2) is 0 Å². The molecule has 3 heteroatoms. The van der Waals surface area contributed by atoms with E-state index in [1.54, 1.807) is 11.8 Å². The predicted molar refractivity (Wildman–Crippen MR) is 50.7 cm³/mol. The number of anilines is 1. The number of hydrogen-bond acceptors (Lipinski definition) is 3. The van der Waals surface area contributed by atoms with E-state index in [4.69, 9.17) is 5.84 Å². The third-order valence-corrected chi connectivity index (χ3v) is 2.30. The van der Waals surface area contributed by atoms with Crippen molar-refractivity contribution in [3.05, 3.63) is 24.3 Å². The quantitative estimate of drug-likeness (QED) is 0.412. The highest BCUT2D eigenvalue weighted by molar-refractivity contribution is 7.99. The summed E-state index contributed by atoms with van der Waals surface area (Å²) in [4.78, 5) is 1.21. The summed E-state index contributed by atoms with van der Waals surface area (Å²) in [6.07, 6.45) is 0. The molecule has 1 aromatic carbocycles. The van der Waals surface area contributed by atoms with Crippen molar-refractivity contribution in [2.24, 2.45) is 5.84 Å². The molecule has 1 rings (SSSR count). The second kappa shape index (κ2) is 4.26. The molecule has 0 radical (unpaired) electrons. The summed E-state index contributed by atoms with van der Waals surface area (Å²) in [6.45, 7) is 2.12. The van der Waals surface area contributed by atoms with Gasteiger partial charge in [0, 0.05) is 4.90 Å². The van der Waals surface area contributed by atoms with Gasteiger partial charge in [-0.05, 0) is 17.9 Å². The molecule has 0 saturated carbocycles. The first kappa shape index (κ1) is 8.43. The zero-order valence-corrected chi connectivity index (χ0v) is 7.32. The Hall–Kier alpha value is -0.670. The van der Waals surface area contributed by atoms with Crippen LogP contribution in [0, 0.1) is 0 Å². The summed E-state index contributed by atoms with van der Waals surface area (Å²) in [7, 11) is 0. The van der Waals surface area contributed by atoms with Crippen molar-refractivity contribution in [1.82, 2.24) is 0 Å². The van der Waals surface area contributed by atoms with Crippen molar-refractivity contribution in [2.45, 2.75) is 11.8 Å². The first-order valence-electron chi connectivity index (χ1n) is 3.57. The first-order chi connectivity index (χ1) is 5.38. The number of rotatable bonds is 3. The van der Waals surface area contributed by atoms with E-state index in [1.807, 2.05) is 18.2 Å². The van der Waals surface area contributed by atoms with Gasteiger partial charge in [-0.1, -0.05) is 19.1 Å². The van der Waals surface area contributed by atoms with Gasteiger partial charge in [-0.15, -0.1) is 11.8 Å². The minimum atomic E-state index is 0.999. The number of nitrogens with one attached hydrogen (secondary N) is 1. The van der Waals surface area contributed by atoms with Gasteiger partial charge in [0.15, 0.2) is 0 Å². The van der Waals surface area contributed by atoms with E-state index in [-0.39, 0.29) is 0 Å². The van der Waals surface area contributed by atoms with Gasteiger partial charge in [-0.3, -0.25) is 5.84 Å². The zero-order chi connectivity index (χ0) is 8.10. The Bertz CT molecular complexity index is 225. The van der Waals surface area contributed by atoms with Gasteiger partial charge >= 0.3 is 0 Å². The van der Waals surface area contributed by atoms with Crippen LogP contribution in [0.1, 0.15) is 6.92 Å². The van der Waals surface area contributed by atoms with Gasteiger partial charge in [0.25, 0.3) is 0 Å². The highest BCUT2D eigenvalue weighted by Crippen LogP contribution is 2.25. The van der Waals surface area contributed by atoms with Crippen LogP contribution in [0.2, 0.25) is 0 Å². The SMILES string of the molecule is CCSc1ccccc1NN. The van der Waals surface area contributed by atoms with Crippen LogP contribution in [-0.4, -0.2) is 5.75 Å².